The highest BCUT2D eigenvalue weighted by molar-refractivity contribution is 9.10. The summed E-state index contributed by atoms with van der Waals surface area (Å²) in [5.74, 6) is 2.05. The SMILES string of the molecule is CCCOc1ccc(-c2csc(NC(=O)CCCOc3ccc(C(C)C)cc3Br)n2)cc1. The number of anilines is 1. The van der Waals surface area contributed by atoms with Crippen LogP contribution < -0.4 is 14.8 Å². The van der Waals surface area contributed by atoms with Gasteiger partial charge in [-0.15, -0.1) is 11.3 Å². The Morgan fingerprint density at radius 1 is 1.12 bits per heavy atom. The molecule has 0 fully saturated rings. The van der Waals surface area contributed by atoms with Gasteiger partial charge in [-0.05, 0) is 76.7 Å². The van der Waals surface area contributed by atoms with Crippen molar-refractivity contribution in [2.45, 2.75) is 46.0 Å². The van der Waals surface area contributed by atoms with Crippen molar-refractivity contribution in [3.8, 4) is 22.8 Å². The summed E-state index contributed by atoms with van der Waals surface area (Å²) >= 11 is 4.98. The summed E-state index contributed by atoms with van der Waals surface area (Å²) in [6.45, 7) is 7.58. The summed E-state index contributed by atoms with van der Waals surface area (Å²) in [7, 11) is 0. The Kier molecular flexibility index (Phi) is 9.11. The number of nitrogens with zero attached hydrogens (tertiary/aromatic N) is 1. The van der Waals surface area contributed by atoms with Crippen molar-refractivity contribution in [3.63, 3.8) is 0 Å². The Hall–Kier alpha value is -2.38. The average molecular weight is 517 g/mol. The van der Waals surface area contributed by atoms with Gasteiger partial charge in [0.2, 0.25) is 5.91 Å². The van der Waals surface area contributed by atoms with Crippen molar-refractivity contribution < 1.29 is 14.3 Å². The van der Waals surface area contributed by atoms with Crippen molar-refractivity contribution in [2.75, 3.05) is 18.5 Å². The monoisotopic (exact) mass is 516 g/mol. The van der Waals surface area contributed by atoms with E-state index in [1.807, 2.05) is 35.7 Å². The summed E-state index contributed by atoms with van der Waals surface area (Å²) in [5.41, 5.74) is 3.09. The van der Waals surface area contributed by atoms with Crippen LogP contribution in [0.25, 0.3) is 11.3 Å². The predicted octanol–water partition coefficient (Wildman–Crippen LogP) is 7.28. The molecule has 1 amide bonds. The minimum Gasteiger partial charge on any atom is -0.494 e. The minimum atomic E-state index is -0.0629. The van der Waals surface area contributed by atoms with E-state index in [4.69, 9.17) is 9.47 Å². The van der Waals surface area contributed by atoms with Crippen molar-refractivity contribution in [2.24, 2.45) is 0 Å². The van der Waals surface area contributed by atoms with E-state index in [-0.39, 0.29) is 5.91 Å². The standard InChI is InChI=1S/C25H29BrN2O3S/c1-4-13-30-20-10-7-18(8-11-20)22-16-32-25(27-22)28-24(29)6-5-14-31-23-12-9-19(17(2)3)15-21(23)26/h7-12,15-17H,4-6,13-14H2,1-3H3,(H,27,28,29). The van der Waals surface area contributed by atoms with Gasteiger partial charge in [0, 0.05) is 17.4 Å². The Morgan fingerprint density at radius 3 is 2.59 bits per heavy atom. The van der Waals surface area contributed by atoms with Gasteiger partial charge < -0.3 is 14.8 Å². The molecular weight excluding hydrogens is 488 g/mol. The number of benzene rings is 2. The first-order valence-electron chi connectivity index (χ1n) is 10.9. The quantitative estimate of drug-likeness (QED) is 0.272. The minimum absolute atomic E-state index is 0.0629. The van der Waals surface area contributed by atoms with Gasteiger partial charge in [0.15, 0.2) is 5.13 Å². The molecule has 0 aliphatic carbocycles. The maximum atomic E-state index is 12.3. The molecule has 1 aromatic heterocycles. The number of hydrogen-bond donors (Lipinski definition) is 1. The van der Waals surface area contributed by atoms with Gasteiger partial charge in [0.1, 0.15) is 11.5 Å². The maximum Gasteiger partial charge on any atom is 0.226 e. The van der Waals surface area contributed by atoms with Crippen molar-refractivity contribution in [1.82, 2.24) is 4.98 Å². The first kappa shape index (κ1) is 24.3. The van der Waals surface area contributed by atoms with Gasteiger partial charge in [0.25, 0.3) is 0 Å². The second-order valence-corrected chi connectivity index (χ2v) is 9.47. The third kappa shape index (κ3) is 7.07. The van der Waals surface area contributed by atoms with Crippen LogP contribution in [0, 0.1) is 0 Å². The lowest BCUT2D eigenvalue weighted by Crippen LogP contribution is -2.12. The van der Waals surface area contributed by atoms with E-state index >= 15 is 0 Å². The molecule has 0 bridgehead atoms. The smallest absolute Gasteiger partial charge is 0.226 e. The van der Waals surface area contributed by atoms with Gasteiger partial charge in [-0.1, -0.05) is 26.8 Å². The van der Waals surface area contributed by atoms with Gasteiger partial charge in [-0.2, -0.15) is 0 Å². The van der Waals surface area contributed by atoms with Crippen LogP contribution >= 0.6 is 27.3 Å². The molecular formula is C25H29BrN2O3S. The number of carbonyl (C=O) groups is 1. The molecule has 170 valence electrons. The fourth-order valence-electron chi connectivity index (χ4n) is 3.00. The van der Waals surface area contributed by atoms with Crippen molar-refractivity contribution in [3.05, 3.63) is 57.9 Å². The molecule has 0 aliphatic rings. The Balaban J connectivity index is 1.43. The van der Waals surface area contributed by atoms with Crippen LogP contribution in [0.2, 0.25) is 0 Å². The second kappa shape index (κ2) is 12.0. The zero-order valence-electron chi connectivity index (χ0n) is 18.7. The average Bonchev–Trinajstić information content (AvgIpc) is 3.24. The van der Waals surface area contributed by atoms with Crippen LogP contribution in [-0.4, -0.2) is 24.1 Å². The number of hydrogen-bond acceptors (Lipinski definition) is 5. The van der Waals surface area contributed by atoms with E-state index in [0.717, 1.165) is 33.6 Å². The van der Waals surface area contributed by atoms with E-state index in [1.165, 1.54) is 16.9 Å². The highest BCUT2D eigenvalue weighted by atomic mass is 79.9. The largest absolute Gasteiger partial charge is 0.494 e. The number of ether oxygens (including phenoxy) is 2. The van der Waals surface area contributed by atoms with Crippen LogP contribution in [-0.2, 0) is 4.79 Å². The summed E-state index contributed by atoms with van der Waals surface area (Å²) < 4.78 is 12.4. The topological polar surface area (TPSA) is 60.5 Å². The van der Waals surface area contributed by atoms with E-state index in [9.17, 15) is 4.79 Å². The Morgan fingerprint density at radius 2 is 1.91 bits per heavy atom. The molecule has 0 saturated carbocycles. The molecule has 3 aromatic rings. The lowest BCUT2D eigenvalue weighted by atomic mass is 10.0. The number of aromatic nitrogens is 1. The lowest BCUT2D eigenvalue weighted by molar-refractivity contribution is -0.116. The summed E-state index contributed by atoms with van der Waals surface area (Å²) in [6.07, 6.45) is 1.98. The molecule has 3 rings (SSSR count). The zero-order valence-corrected chi connectivity index (χ0v) is 21.1. The molecule has 7 heteroatoms. The van der Waals surface area contributed by atoms with Crippen molar-refractivity contribution >= 4 is 38.3 Å². The highest BCUT2D eigenvalue weighted by Gasteiger charge is 2.10. The number of rotatable bonds is 11. The van der Waals surface area contributed by atoms with Crippen LogP contribution in [0.3, 0.4) is 0 Å². The molecule has 0 saturated heterocycles. The first-order valence-corrected chi connectivity index (χ1v) is 12.5. The molecule has 0 unspecified atom stereocenters. The fraction of sp³-hybridized carbons (Fsp3) is 0.360. The van der Waals surface area contributed by atoms with Crippen LogP contribution in [0.1, 0.15) is 51.5 Å². The Bertz CT molecular complexity index is 1020. The van der Waals surface area contributed by atoms with E-state index in [2.05, 4.69) is 59.1 Å². The number of carbonyl (C=O) groups excluding carboxylic acids is 1. The van der Waals surface area contributed by atoms with E-state index < -0.39 is 0 Å². The molecule has 32 heavy (non-hydrogen) atoms. The molecule has 0 atom stereocenters. The maximum absolute atomic E-state index is 12.3. The predicted molar refractivity (Wildman–Crippen MR) is 135 cm³/mol. The lowest BCUT2D eigenvalue weighted by Gasteiger charge is -2.11. The summed E-state index contributed by atoms with van der Waals surface area (Å²) in [5, 5.41) is 5.42. The molecule has 2 aromatic carbocycles. The summed E-state index contributed by atoms with van der Waals surface area (Å²) in [4.78, 5) is 16.8. The molecule has 1 N–H and O–H groups in total. The van der Waals surface area contributed by atoms with E-state index in [0.29, 0.717) is 37.1 Å². The first-order chi connectivity index (χ1) is 15.5. The molecule has 5 nitrogen and oxygen atoms in total. The molecule has 0 aliphatic heterocycles. The number of amides is 1. The van der Waals surface area contributed by atoms with E-state index in [1.54, 1.807) is 0 Å². The van der Waals surface area contributed by atoms with Crippen LogP contribution in [0.5, 0.6) is 11.5 Å². The van der Waals surface area contributed by atoms with Gasteiger partial charge in [-0.25, -0.2) is 4.98 Å². The fourth-order valence-corrected chi connectivity index (χ4v) is 4.24. The third-order valence-electron chi connectivity index (χ3n) is 4.80. The normalized spacial score (nSPS) is 10.9. The second-order valence-electron chi connectivity index (χ2n) is 7.76. The molecule has 0 radical (unpaired) electrons. The molecule has 1 heterocycles. The van der Waals surface area contributed by atoms with Crippen LogP contribution in [0.4, 0.5) is 5.13 Å². The van der Waals surface area contributed by atoms with Gasteiger partial charge in [-0.3, -0.25) is 4.79 Å². The van der Waals surface area contributed by atoms with Crippen molar-refractivity contribution in [1.29, 1.82) is 0 Å². The number of halogens is 1. The summed E-state index contributed by atoms with van der Waals surface area (Å²) in [6, 6.07) is 14.0. The van der Waals surface area contributed by atoms with Gasteiger partial charge >= 0.3 is 0 Å². The van der Waals surface area contributed by atoms with Crippen LogP contribution in [0.15, 0.2) is 52.3 Å². The number of thiazole rings is 1. The third-order valence-corrected chi connectivity index (χ3v) is 6.18. The molecule has 0 spiro atoms. The van der Waals surface area contributed by atoms with Gasteiger partial charge in [0.05, 0.1) is 23.4 Å². The zero-order chi connectivity index (χ0) is 22.9. The highest BCUT2D eigenvalue weighted by Crippen LogP contribution is 2.29. The number of nitrogens with one attached hydrogen (secondary N) is 1. The Labute approximate surface area is 202 Å².